The molecule has 5 rings (SSSR count). The van der Waals surface area contributed by atoms with Crippen LogP contribution < -0.4 is 9.80 Å². The van der Waals surface area contributed by atoms with Gasteiger partial charge in [-0.1, -0.05) is 41.9 Å². The predicted molar refractivity (Wildman–Crippen MR) is 120 cm³/mol. The van der Waals surface area contributed by atoms with Gasteiger partial charge in [-0.15, -0.1) is 10.2 Å². The lowest BCUT2D eigenvalue weighted by molar-refractivity contribution is -0.122. The summed E-state index contributed by atoms with van der Waals surface area (Å²) in [6.07, 6.45) is 2.84. The summed E-state index contributed by atoms with van der Waals surface area (Å²) >= 11 is 5.97. The van der Waals surface area contributed by atoms with Gasteiger partial charge in [-0.3, -0.25) is 4.79 Å². The number of anilines is 2. The van der Waals surface area contributed by atoms with E-state index in [9.17, 15) is 4.79 Å². The number of halogens is 1. The second kappa shape index (κ2) is 8.07. The van der Waals surface area contributed by atoms with Crippen molar-refractivity contribution >= 4 is 29.0 Å². The van der Waals surface area contributed by atoms with E-state index in [1.165, 1.54) is 5.56 Å². The molecule has 2 aromatic carbocycles. The zero-order valence-electron chi connectivity index (χ0n) is 16.7. The van der Waals surface area contributed by atoms with Crippen molar-refractivity contribution in [3.63, 3.8) is 0 Å². The summed E-state index contributed by atoms with van der Waals surface area (Å²) in [7, 11) is 0. The van der Waals surface area contributed by atoms with E-state index in [2.05, 4.69) is 27.2 Å². The summed E-state index contributed by atoms with van der Waals surface area (Å²) in [5.41, 5.74) is 4.14. The number of rotatable bonds is 3. The molecule has 2 aliphatic rings. The van der Waals surface area contributed by atoms with Crippen molar-refractivity contribution in [3.8, 4) is 11.3 Å². The Morgan fingerprint density at radius 1 is 0.967 bits per heavy atom. The number of para-hydroxylation sites is 1. The molecule has 1 unspecified atom stereocenters. The van der Waals surface area contributed by atoms with Gasteiger partial charge in [0.25, 0.3) is 0 Å². The van der Waals surface area contributed by atoms with Gasteiger partial charge in [0.15, 0.2) is 5.82 Å². The summed E-state index contributed by atoms with van der Waals surface area (Å²) in [5.74, 6) is 1.05. The molecule has 0 aliphatic carbocycles. The largest absolute Gasteiger partial charge is 0.354 e. The van der Waals surface area contributed by atoms with Gasteiger partial charge in [-0.2, -0.15) is 0 Å². The highest BCUT2D eigenvalue weighted by atomic mass is 35.5. The molecule has 0 spiro atoms. The molecule has 30 heavy (non-hydrogen) atoms. The van der Waals surface area contributed by atoms with Crippen LogP contribution in [0.3, 0.4) is 0 Å². The Labute approximate surface area is 181 Å². The average Bonchev–Trinajstić information content (AvgIpc) is 3.23. The van der Waals surface area contributed by atoms with Crippen molar-refractivity contribution < 1.29 is 4.79 Å². The topological polar surface area (TPSA) is 49.3 Å². The number of piperidine rings is 1. The van der Waals surface area contributed by atoms with Crippen LogP contribution in [0.2, 0.25) is 5.02 Å². The summed E-state index contributed by atoms with van der Waals surface area (Å²) in [5, 5.41) is 9.55. The first kappa shape index (κ1) is 19.1. The molecule has 2 aliphatic heterocycles. The molecule has 5 nitrogen and oxygen atoms in total. The zero-order chi connectivity index (χ0) is 20.5. The maximum atomic E-state index is 13.3. The molecule has 0 N–H and O–H groups in total. The highest BCUT2D eigenvalue weighted by Gasteiger charge is 2.33. The molecule has 1 amide bonds. The van der Waals surface area contributed by atoms with Crippen molar-refractivity contribution in [2.75, 3.05) is 29.4 Å². The van der Waals surface area contributed by atoms with Gasteiger partial charge in [-0.05, 0) is 55.2 Å². The van der Waals surface area contributed by atoms with Crippen LogP contribution in [0.25, 0.3) is 11.3 Å². The second-order valence-electron chi connectivity index (χ2n) is 7.94. The van der Waals surface area contributed by atoms with E-state index in [0.717, 1.165) is 55.1 Å². The summed E-state index contributed by atoms with van der Waals surface area (Å²) in [6, 6.07) is 19.8. The van der Waals surface area contributed by atoms with Crippen LogP contribution in [-0.2, 0) is 11.2 Å². The summed E-state index contributed by atoms with van der Waals surface area (Å²) in [6.45, 7) is 2.37. The minimum Gasteiger partial charge on any atom is -0.354 e. The number of benzene rings is 2. The number of carbonyl (C=O) groups excluding carboxylic acids is 1. The van der Waals surface area contributed by atoms with Crippen LogP contribution in [0.15, 0.2) is 60.7 Å². The molecular formula is C24H23ClN4O. The first-order valence-corrected chi connectivity index (χ1v) is 10.8. The van der Waals surface area contributed by atoms with E-state index in [1.54, 1.807) is 0 Å². The fourth-order valence-corrected chi connectivity index (χ4v) is 4.57. The molecule has 1 saturated heterocycles. The van der Waals surface area contributed by atoms with Crippen molar-refractivity contribution in [1.29, 1.82) is 0 Å². The fraction of sp³-hybridized carbons (Fsp3) is 0.292. The normalized spacial score (nSPS) is 18.4. The van der Waals surface area contributed by atoms with Crippen molar-refractivity contribution in [2.24, 2.45) is 5.92 Å². The minimum absolute atomic E-state index is 0.0114. The Hall–Kier alpha value is -2.92. The van der Waals surface area contributed by atoms with Gasteiger partial charge < -0.3 is 9.80 Å². The van der Waals surface area contributed by atoms with Gasteiger partial charge in [0.05, 0.1) is 11.6 Å². The maximum absolute atomic E-state index is 13.3. The van der Waals surface area contributed by atoms with Crippen molar-refractivity contribution in [2.45, 2.75) is 19.3 Å². The quantitative estimate of drug-likeness (QED) is 0.623. The van der Waals surface area contributed by atoms with E-state index in [4.69, 9.17) is 11.6 Å². The van der Waals surface area contributed by atoms with Crippen molar-refractivity contribution in [3.05, 3.63) is 71.2 Å². The van der Waals surface area contributed by atoms with Gasteiger partial charge in [0.1, 0.15) is 0 Å². The van der Waals surface area contributed by atoms with Gasteiger partial charge in [0, 0.05) is 35.9 Å². The third-order valence-corrected chi connectivity index (χ3v) is 6.29. The smallest absolute Gasteiger partial charge is 0.231 e. The fourth-order valence-electron chi connectivity index (χ4n) is 4.44. The molecule has 1 fully saturated rings. The Morgan fingerprint density at radius 2 is 1.80 bits per heavy atom. The SMILES string of the molecule is O=C(C1CCCN(c2ccc(-c3ccc(Cl)cc3)nn2)C1)N1CCc2ccccc21. The highest BCUT2D eigenvalue weighted by Crippen LogP contribution is 2.31. The molecule has 3 aromatic rings. The molecular weight excluding hydrogens is 396 g/mol. The summed E-state index contributed by atoms with van der Waals surface area (Å²) in [4.78, 5) is 17.4. The van der Waals surface area contributed by atoms with Crippen LogP contribution in [0.5, 0.6) is 0 Å². The van der Waals surface area contributed by atoms with Crippen LogP contribution in [0.1, 0.15) is 18.4 Å². The van der Waals surface area contributed by atoms with E-state index in [1.807, 2.05) is 53.4 Å². The molecule has 0 saturated carbocycles. The lowest BCUT2D eigenvalue weighted by atomic mass is 9.96. The molecule has 3 heterocycles. The number of nitrogens with zero attached hydrogens (tertiary/aromatic N) is 4. The predicted octanol–water partition coefficient (Wildman–Crippen LogP) is 4.60. The van der Waals surface area contributed by atoms with Gasteiger partial charge in [0.2, 0.25) is 5.91 Å². The molecule has 1 atom stereocenters. The third kappa shape index (κ3) is 3.65. The third-order valence-electron chi connectivity index (χ3n) is 6.04. The van der Waals surface area contributed by atoms with E-state index < -0.39 is 0 Å². The zero-order valence-corrected chi connectivity index (χ0v) is 17.4. The molecule has 1 aromatic heterocycles. The number of carbonyl (C=O) groups is 1. The Balaban J connectivity index is 1.30. The lowest BCUT2D eigenvalue weighted by Crippen LogP contribution is -2.45. The lowest BCUT2D eigenvalue weighted by Gasteiger charge is -2.34. The summed E-state index contributed by atoms with van der Waals surface area (Å²) < 4.78 is 0. The monoisotopic (exact) mass is 418 g/mol. The Kier molecular flexibility index (Phi) is 5.13. The van der Waals surface area contributed by atoms with Crippen LogP contribution in [0, 0.1) is 5.92 Å². The van der Waals surface area contributed by atoms with Crippen LogP contribution >= 0.6 is 11.6 Å². The average molecular weight is 419 g/mol. The van der Waals surface area contributed by atoms with Crippen LogP contribution in [-0.4, -0.2) is 35.7 Å². The number of amides is 1. The van der Waals surface area contributed by atoms with E-state index in [0.29, 0.717) is 11.6 Å². The molecule has 6 heteroatoms. The number of hydrogen-bond donors (Lipinski definition) is 0. The first-order valence-electron chi connectivity index (χ1n) is 10.4. The molecule has 0 radical (unpaired) electrons. The van der Waals surface area contributed by atoms with Crippen LogP contribution in [0.4, 0.5) is 11.5 Å². The Morgan fingerprint density at radius 3 is 2.60 bits per heavy atom. The highest BCUT2D eigenvalue weighted by molar-refractivity contribution is 6.30. The number of aromatic nitrogens is 2. The minimum atomic E-state index is -0.0114. The van der Waals surface area contributed by atoms with Gasteiger partial charge >= 0.3 is 0 Å². The second-order valence-corrected chi connectivity index (χ2v) is 8.37. The number of hydrogen-bond acceptors (Lipinski definition) is 4. The molecule has 152 valence electrons. The van der Waals surface area contributed by atoms with Crippen molar-refractivity contribution in [1.82, 2.24) is 10.2 Å². The number of fused-ring (bicyclic) bond motifs is 1. The Bertz CT molecular complexity index is 1050. The molecule has 0 bridgehead atoms. The first-order chi connectivity index (χ1) is 14.7. The van der Waals surface area contributed by atoms with E-state index in [-0.39, 0.29) is 11.8 Å². The van der Waals surface area contributed by atoms with Gasteiger partial charge in [-0.25, -0.2) is 0 Å². The maximum Gasteiger partial charge on any atom is 0.231 e. The van der Waals surface area contributed by atoms with E-state index >= 15 is 0 Å². The standard InChI is InChI=1S/C24H23ClN4O/c25-20-9-7-17(8-10-20)21-11-12-23(27-26-21)28-14-3-5-19(16-28)24(30)29-15-13-18-4-1-2-6-22(18)29/h1-2,4,6-12,19H,3,5,13-16H2.